The lowest BCUT2D eigenvalue weighted by Crippen LogP contribution is -2.40. The van der Waals surface area contributed by atoms with Gasteiger partial charge in [-0.15, -0.1) is 0 Å². The van der Waals surface area contributed by atoms with E-state index in [1.54, 1.807) is 14.0 Å². The summed E-state index contributed by atoms with van der Waals surface area (Å²) in [5.74, 6) is 0.927. The Morgan fingerprint density at radius 1 is 1.50 bits per heavy atom. The molecule has 0 heterocycles. The van der Waals surface area contributed by atoms with E-state index in [1.807, 2.05) is 6.07 Å². The average Bonchev–Trinajstić information content (AvgIpc) is 2.37. The third-order valence-electron chi connectivity index (χ3n) is 3.87. The second-order valence-corrected chi connectivity index (χ2v) is 5.35. The van der Waals surface area contributed by atoms with Gasteiger partial charge in [0, 0.05) is 18.9 Å². The maximum absolute atomic E-state index is 11.1. The van der Waals surface area contributed by atoms with Crippen LogP contribution in [0.4, 0.5) is 0 Å². The van der Waals surface area contributed by atoms with Gasteiger partial charge in [0.25, 0.3) is 0 Å². The predicted molar refractivity (Wildman–Crippen MR) is 72.0 cm³/mol. The molecule has 3 heteroatoms. The van der Waals surface area contributed by atoms with Crippen molar-refractivity contribution in [2.24, 2.45) is 0 Å². The summed E-state index contributed by atoms with van der Waals surface area (Å²) in [6.07, 6.45) is 3.40. The molecule has 0 spiro atoms. The number of benzene rings is 1. The number of carbonyl (C=O) groups excluding carboxylic acids is 1. The molecular weight excluding hydrogens is 226 g/mol. The lowest BCUT2D eigenvalue weighted by atomic mass is 9.71. The van der Waals surface area contributed by atoms with Crippen LogP contribution in [-0.4, -0.2) is 19.6 Å². The van der Waals surface area contributed by atoms with Crippen LogP contribution in [0.15, 0.2) is 18.2 Å². The fraction of sp³-hybridized carbons (Fsp3) is 0.533. The highest BCUT2D eigenvalue weighted by Gasteiger charge is 2.32. The Morgan fingerprint density at radius 3 is 2.94 bits per heavy atom. The van der Waals surface area contributed by atoms with E-state index >= 15 is 0 Å². The zero-order chi connectivity index (χ0) is 13.2. The topological polar surface area (TPSA) is 38.3 Å². The zero-order valence-corrected chi connectivity index (χ0v) is 11.4. The fourth-order valence-corrected chi connectivity index (χ4v) is 2.77. The number of nitrogens with one attached hydrogen (secondary N) is 1. The molecule has 0 radical (unpaired) electrons. The van der Waals surface area contributed by atoms with Crippen LogP contribution < -0.4 is 10.1 Å². The molecule has 0 aliphatic heterocycles. The summed E-state index contributed by atoms with van der Waals surface area (Å²) in [4.78, 5) is 11.1. The molecule has 0 aromatic heterocycles. The van der Waals surface area contributed by atoms with Crippen molar-refractivity contribution in [3.05, 3.63) is 29.3 Å². The summed E-state index contributed by atoms with van der Waals surface area (Å²) in [5.41, 5.74) is 2.73. The highest BCUT2D eigenvalue weighted by atomic mass is 16.5. The van der Waals surface area contributed by atoms with Gasteiger partial charge in [-0.3, -0.25) is 4.79 Å². The summed E-state index contributed by atoms with van der Waals surface area (Å²) in [7, 11) is 1.69. The lowest BCUT2D eigenvalue weighted by Gasteiger charge is -2.36. The van der Waals surface area contributed by atoms with Crippen LogP contribution in [-0.2, 0) is 16.6 Å². The van der Waals surface area contributed by atoms with Gasteiger partial charge in [-0.2, -0.15) is 0 Å². The minimum atomic E-state index is 0.0216. The van der Waals surface area contributed by atoms with Crippen molar-refractivity contribution in [3.63, 3.8) is 0 Å². The van der Waals surface area contributed by atoms with Gasteiger partial charge in [0.1, 0.15) is 5.75 Å². The minimum Gasteiger partial charge on any atom is -0.497 e. The van der Waals surface area contributed by atoms with Crippen molar-refractivity contribution in [1.82, 2.24) is 5.32 Å². The largest absolute Gasteiger partial charge is 0.497 e. The average molecular weight is 247 g/mol. The van der Waals surface area contributed by atoms with E-state index < -0.39 is 0 Å². The van der Waals surface area contributed by atoms with Gasteiger partial charge in [0.2, 0.25) is 5.91 Å². The molecule has 98 valence electrons. The first-order chi connectivity index (χ1) is 8.55. The highest BCUT2D eigenvalue weighted by molar-refractivity contribution is 5.73. The predicted octanol–water partition coefficient (Wildman–Crippen LogP) is 2.43. The highest BCUT2D eigenvalue weighted by Crippen LogP contribution is 2.38. The first kappa shape index (κ1) is 12.9. The normalized spacial score (nSPS) is 22.2. The molecule has 1 aliphatic carbocycles. The Morgan fingerprint density at radius 2 is 2.28 bits per heavy atom. The van der Waals surface area contributed by atoms with Crippen molar-refractivity contribution in [2.45, 2.75) is 38.5 Å². The maximum Gasteiger partial charge on any atom is 0.216 e. The van der Waals surface area contributed by atoms with Gasteiger partial charge in [-0.25, -0.2) is 0 Å². The molecule has 1 aromatic carbocycles. The van der Waals surface area contributed by atoms with Gasteiger partial charge in [0.05, 0.1) is 7.11 Å². The maximum atomic E-state index is 11.1. The number of carbonyl (C=O) groups is 1. The summed E-state index contributed by atoms with van der Waals surface area (Å²) < 4.78 is 5.31. The second-order valence-electron chi connectivity index (χ2n) is 5.35. The van der Waals surface area contributed by atoms with E-state index in [9.17, 15) is 4.79 Å². The van der Waals surface area contributed by atoms with E-state index in [0.717, 1.165) is 18.6 Å². The van der Waals surface area contributed by atoms with E-state index in [2.05, 4.69) is 24.4 Å². The zero-order valence-electron chi connectivity index (χ0n) is 11.4. The van der Waals surface area contributed by atoms with Gasteiger partial charge >= 0.3 is 0 Å². The van der Waals surface area contributed by atoms with Gasteiger partial charge in [-0.05, 0) is 42.5 Å². The number of fused-ring (bicyclic) bond motifs is 1. The Balaban J connectivity index is 2.32. The van der Waals surface area contributed by atoms with Crippen molar-refractivity contribution < 1.29 is 9.53 Å². The van der Waals surface area contributed by atoms with E-state index in [0.29, 0.717) is 6.54 Å². The molecule has 1 atom stereocenters. The number of rotatable bonds is 3. The van der Waals surface area contributed by atoms with E-state index in [1.165, 1.54) is 17.5 Å². The number of ether oxygens (including phenoxy) is 1. The second kappa shape index (κ2) is 5.01. The number of amides is 1. The molecule has 1 amide bonds. The van der Waals surface area contributed by atoms with Gasteiger partial charge in [-0.1, -0.05) is 13.0 Å². The molecule has 18 heavy (non-hydrogen) atoms. The first-order valence-electron chi connectivity index (χ1n) is 6.47. The van der Waals surface area contributed by atoms with Crippen LogP contribution in [0.5, 0.6) is 5.75 Å². The number of methoxy groups -OCH3 is 1. The summed E-state index contributed by atoms with van der Waals surface area (Å²) >= 11 is 0. The molecule has 1 N–H and O–H groups in total. The number of hydrogen-bond donors (Lipinski definition) is 1. The van der Waals surface area contributed by atoms with Crippen LogP contribution in [0, 0.1) is 0 Å². The quantitative estimate of drug-likeness (QED) is 0.891. The lowest BCUT2D eigenvalue weighted by molar-refractivity contribution is -0.119. The molecule has 0 saturated heterocycles. The molecule has 3 nitrogen and oxygen atoms in total. The Kier molecular flexibility index (Phi) is 3.60. The number of aryl methyl sites for hydroxylation is 1. The molecule has 0 fully saturated rings. The van der Waals surface area contributed by atoms with E-state index in [4.69, 9.17) is 4.74 Å². The van der Waals surface area contributed by atoms with Crippen molar-refractivity contribution in [3.8, 4) is 5.75 Å². The molecule has 2 rings (SSSR count). The van der Waals surface area contributed by atoms with Crippen LogP contribution >= 0.6 is 0 Å². The van der Waals surface area contributed by atoms with Crippen molar-refractivity contribution >= 4 is 5.91 Å². The SMILES string of the molecule is COc1ccc2c(c1)[C@](C)(CNC(C)=O)CCC2. The van der Waals surface area contributed by atoms with Crippen molar-refractivity contribution in [2.75, 3.05) is 13.7 Å². The molecule has 1 aromatic rings. The van der Waals surface area contributed by atoms with Crippen molar-refractivity contribution in [1.29, 1.82) is 0 Å². The van der Waals surface area contributed by atoms with E-state index in [-0.39, 0.29) is 11.3 Å². The molecular formula is C15H21NO2. The van der Waals surface area contributed by atoms with Crippen LogP contribution in [0.1, 0.15) is 37.8 Å². The third kappa shape index (κ3) is 2.50. The van der Waals surface area contributed by atoms with Gasteiger partial charge in [0.15, 0.2) is 0 Å². The summed E-state index contributed by atoms with van der Waals surface area (Å²) in [6, 6.07) is 6.29. The molecule has 0 unspecified atom stereocenters. The smallest absolute Gasteiger partial charge is 0.216 e. The molecule has 0 bridgehead atoms. The standard InChI is InChI=1S/C15H21NO2/c1-11(17)16-10-15(2)8-4-5-12-6-7-13(18-3)9-14(12)15/h6-7,9H,4-5,8,10H2,1-3H3,(H,16,17)/t15-/m0/s1. The Hall–Kier alpha value is -1.51. The molecule has 0 saturated carbocycles. The Bertz CT molecular complexity index is 456. The Labute approximate surface area is 109 Å². The summed E-state index contributed by atoms with van der Waals surface area (Å²) in [5, 5.41) is 2.95. The van der Waals surface area contributed by atoms with Gasteiger partial charge < -0.3 is 10.1 Å². The number of hydrogen-bond acceptors (Lipinski definition) is 2. The monoisotopic (exact) mass is 247 g/mol. The fourth-order valence-electron chi connectivity index (χ4n) is 2.77. The third-order valence-corrected chi connectivity index (χ3v) is 3.87. The first-order valence-corrected chi connectivity index (χ1v) is 6.47. The summed E-state index contributed by atoms with van der Waals surface area (Å²) in [6.45, 7) is 4.49. The minimum absolute atomic E-state index is 0.0216. The van der Waals surface area contributed by atoms with Crippen LogP contribution in [0.25, 0.3) is 0 Å². The van der Waals surface area contributed by atoms with Crippen LogP contribution in [0.2, 0.25) is 0 Å². The van der Waals surface area contributed by atoms with Crippen LogP contribution in [0.3, 0.4) is 0 Å². The molecule has 1 aliphatic rings.